The van der Waals surface area contributed by atoms with Crippen molar-refractivity contribution in [1.82, 2.24) is 9.55 Å². The molecule has 0 aliphatic rings. The van der Waals surface area contributed by atoms with Gasteiger partial charge in [-0.25, -0.2) is 4.98 Å². The van der Waals surface area contributed by atoms with Crippen LogP contribution in [0.1, 0.15) is 12.5 Å². The minimum absolute atomic E-state index is 0.0286. The summed E-state index contributed by atoms with van der Waals surface area (Å²) in [6.45, 7) is 2.33. The van der Waals surface area contributed by atoms with Gasteiger partial charge in [-0.1, -0.05) is 36.0 Å². The van der Waals surface area contributed by atoms with Crippen molar-refractivity contribution in [1.29, 1.82) is 0 Å². The molecule has 0 spiro atoms. The van der Waals surface area contributed by atoms with Crippen molar-refractivity contribution in [3.63, 3.8) is 0 Å². The van der Waals surface area contributed by atoms with E-state index < -0.39 is 5.91 Å². The van der Waals surface area contributed by atoms with Gasteiger partial charge in [-0.2, -0.15) is 0 Å². The Morgan fingerprint density at radius 2 is 2.04 bits per heavy atom. The van der Waals surface area contributed by atoms with E-state index in [9.17, 15) is 9.59 Å². The normalized spacial score (nSPS) is 10.8. The van der Waals surface area contributed by atoms with Gasteiger partial charge in [0.05, 0.1) is 10.9 Å². The first-order chi connectivity index (χ1) is 12.6. The van der Waals surface area contributed by atoms with E-state index in [1.54, 1.807) is 16.7 Å². The summed E-state index contributed by atoms with van der Waals surface area (Å²) in [5, 5.41) is 1.31. The number of primary amides is 1. The van der Waals surface area contributed by atoms with E-state index in [4.69, 9.17) is 10.5 Å². The van der Waals surface area contributed by atoms with Gasteiger partial charge in [-0.15, -0.1) is 0 Å². The van der Waals surface area contributed by atoms with Crippen LogP contribution in [0.25, 0.3) is 10.9 Å². The lowest BCUT2D eigenvalue weighted by molar-refractivity contribution is -0.119. The Morgan fingerprint density at radius 3 is 2.81 bits per heavy atom. The second-order valence-electron chi connectivity index (χ2n) is 5.65. The molecule has 2 N–H and O–H groups in total. The fourth-order valence-corrected chi connectivity index (χ4v) is 3.57. The maximum absolute atomic E-state index is 12.6. The van der Waals surface area contributed by atoms with Crippen LogP contribution >= 0.6 is 11.8 Å². The number of para-hydroxylation sites is 1. The number of thioether (sulfide) groups is 1. The van der Waals surface area contributed by atoms with Crippen molar-refractivity contribution in [2.75, 3.05) is 6.61 Å². The monoisotopic (exact) mass is 369 g/mol. The Bertz CT molecular complexity index is 1000. The lowest BCUT2D eigenvalue weighted by Gasteiger charge is -2.11. The van der Waals surface area contributed by atoms with Crippen LogP contribution in [0.15, 0.2) is 58.5 Å². The zero-order valence-electron chi connectivity index (χ0n) is 14.3. The number of nitrogens with two attached hydrogens (primary N) is 1. The van der Waals surface area contributed by atoms with Gasteiger partial charge in [0, 0.05) is 12.3 Å². The average molecular weight is 369 g/mol. The van der Waals surface area contributed by atoms with Gasteiger partial charge in [0.1, 0.15) is 5.75 Å². The molecule has 0 saturated heterocycles. The van der Waals surface area contributed by atoms with Crippen LogP contribution in [0.3, 0.4) is 0 Å². The summed E-state index contributed by atoms with van der Waals surface area (Å²) in [6.07, 6.45) is 0. The van der Waals surface area contributed by atoms with Crippen molar-refractivity contribution in [2.45, 2.75) is 24.4 Å². The molecule has 0 saturated carbocycles. The van der Waals surface area contributed by atoms with Gasteiger partial charge < -0.3 is 10.5 Å². The van der Waals surface area contributed by atoms with E-state index in [1.807, 2.05) is 43.3 Å². The molecule has 3 aromatic rings. The highest BCUT2D eigenvalue weighted by Gasteiger charge is 2.10. The predicted molar refractivity (Wildman–Crippen MR) is 102 cm³/mol. The van der Waals surface area contributed by atoms with Gasteiger partial charge >= 0.3 is 0 Å². The average Bonchev–Trinajstić information content (AvgIpc) is 2.65. The van der Waals surface area contributed by atoms with Crippen LogP contribution in [0.2, 0.25) is 0 Å². The van der Waals surface area contributed by atoms with Crippen LogP contribution in [-0.2, 0) is 17.1 Å². The molecule has 6 nitrogen and oxygen atoms in total. The van der Waals surface area contributed by atoms with Gasteiger partial charge in [-0.3, -0.25) is 14.2 Å². The zero-order chi connectivity index (χ0) is 18.5. The number of hydrogen-bond donors (Lipinski definition) is 1. The van der Waals surface area contributed by atoms with E-state index in [0.717, 1.165) is 5.56 Å². The quantitative estimate of drug-likeness (QED) is 0.511. The SMILES string of the molecule is CCn1c(SCc2cccc(OCC(N)=O)c2)nc2ccccc2c1=O. The second kappa shape index (κ2) is 8.05. The van der Waals surface area contributed by atoms with Crippen molar-refractivity contribution in [3.8, 4) is 5.75 Å². The highest BCUT2D eigenvalue weighted by molar-refractivity contribution is 7.98. The number of amides is 1. The first-order valence-corrected chi connectivity index (χ1v) is 9.19. The Morgan fingerprint density at radius 1 is 1.23 bits per heavy atom. The Kier molecular flexibility index (Phi) is 5.58. The van der Waals surface area contributed by atoms with Crippen LogP contribution in [0.4, 0.5) is 0 Å². The smallest absolute Gasteiger partial charge is 0.262 e. The summed E-state index contributed by atoms with van der Waals surface area (Å²) >= 11 is 1.49. The molecule has 0 radical (unpaired) electrons. The Balaban J connectivity index is 1.82. The maximum atomic E-state index is 12.6. The number of nitrogens with zero attached hydrogens (tertiary/aromatic N) is 2. The summed E-state index contributed by atoms with van der Waals surface area (Å²) < 4.78 is 7.01. The highest BCUT2D eigenvalue weighted by atomic mass is 32.2. The molecule has 0 unspecified atom stereocenters. The molecule has 0 aliphatic heterocycles. The second-order valence-corrected chi connectivity index (χ2v) is 6.59. The number of aromatic nitrogens is 2. The van der Waals surface area contributed by atoms with Crippen LogP contribution < -0.4 is 16.0 Å². The van der Waals surface area contributed by atoms with Crippen LogP contribution in [-0.4, -0.2) is 22.1 Å². The van der Waals surface area contributed by atoms with Gasteiger partial charge in [-0.05, 0) is 36.8 Å². The summed E-state index contributed by atoms with van der Waals surface area (Å²) in [5.41, 5.74) is 6.77. The zero-order valence-corrected chi connectivity index (χ0v) is 15.2. The topological polar surface area (TPSA) is 87.2 Å². The first kappa shape index (κ1) is 18.0. The number of rotatable bonds is 7. The fraction of sp³-hybridized carbons (Fsp3) is 0.211. The molecule has 3 rings (SSSR count). The summed E-state index contributed by atoms with van der Waals surface area (Å²) in [7, 11) is 0. The number of carbonyl (C=O) groups excluding carboxylic acids is 1. The molecular weight excluding hydrogens is 350 g/mol. The number of hydrogen-bond acceptors (Lipinski definition) is 5. The molecule has 1 heterocycles. The minimum Gasteiger partial charge on any atom is -0.484 e. The Hall–Kier alpha value is -2.80. The minimum atomic E-state index is -0.517. The van der Waals surface area contributed by atoms with Crippen molar-refractivity contribution >= 4 is 28.6 Å². The summed E-state index contributed by atoms with van der Waals surface area (Å²) in [4.78, 5) is 28.1. The number of fused-ring (bicyclic) bond motifs is 1. The molecule has 26 heavy (non-hydrogen) atoms. The lowest BCUT2D eigenvalue weighted by atomic mass is 10.2. The summed E-state index contributed by atoms with van der Waals surface area (Å²) in [5.74, 6) is 0.691. The predicted octanol–water partition coefficient (Wildman–Crippen LogP) is 2.57. The molecule has 0 bridgehead atoms. The third-order valence-electron chi connectivity index (χ3n) is 3.79. The van der Waals surface area contributed by atoms with E-state index in [1.165, 1.54) is 11.8 Å². The molecule has 1 aromatic heterocycles. The maximum Gasteiger partial charge on any atom is 0.262 e. The number of carbonyl (C=O) groups is 1. The Labute approximate surface area is 155 Å². The molecule has 0 atom stereocenters. The fourth-order valence-electron chi connectivity index (χ4n) is 2.56. The van der Waals surface area contributed by atoms with Crippen molar-refractivity contribution in [3.05, 3.63) is 64.4 Å². The van der Waals surface area contributed by atoms with Crippen molar-refractivity contribution in [2.24, 2.45) is 5.73 Å². The van der Waals surface area contributed by atoms with E-state index in [-0.39, 0.29) is 12.2 Å². The standard InChI is InChI=1S/C19H19N3O3S/c1-2-22-18(24)15-8-3-4-9-16(15)21-19(22)26-12-13-6-5-7-14(10-13)25-11-17(20)23/h3-10H,2,11-12H2,1H3,(H2,20,23). The van der Waals surface area contributed by atoms with Crippen LogP contribution in [0, 0.1) is 0 Å². The third-order valence-corrected chi connectivity index (χ3v) is 4.84. The molecule has 134 valence electrons. The highest BCUT2D eigenvalue weighted by Crippen LogP contribution is 2.24. The van der Waals surface area contributed by atoms with E-state index >= 15 is 0 Å². The molecular formula is C19H19N3O3S. The third kappa shape index (κ3) is 4.05. The number of benzene rings is 2. The molecule has 2 aromatic carbocycles. The van der Waals surface area contributed by atoms with Gasteiger partial charge in [0.25, 0.3) is 11.5 Å². The van der Waals surface area contributed by atoms with Crippen molar-refractivity contribution < 1.29 is 9.53 Å². The first-order valence-electron chi connectivity index (χ1n) is 8.21. The molecule has 0 fully saturated rings. The molecule has 0 aliphatic carbocycles. The van der Waals surface area contributed by atoms with Gasteiger partial charge in [0.15, 0.2) is 11.8 Å². The molecule has 1 amide bonds. The number of ether oxygens (including phenoxy) is 1. The van der Waals surface area contributed by atoms with E-state index in [0.29, 0.717) is 34.1 Å². The largest absolute Gasteiger partial charge is 0.484 e. The molecule has 7 heteroatoms. The summed E-state index contributed by atoms with van der Waals surface area (Å²) in [6, 6.07) is 14.8. The van der Waals surface area contributed by atoms with Gasteiger partial charge in [0.2, 0.25) is 0 Å². The van der Waals surface area contributed by atoms with E-state index in [2.05, 4.69) is 4.98 Å². The van der Waals surface area contributed by atoms with Crippen LogP contribution in [0.5, 0.6) is 5.75 Å². The lowest BCUT2D eigenvalue weighted by Crippen LogP contribution is -2.22.